The van der Waals surface area contributed by atoms with E-state index in [1.807, 2.05) is 0 Å². The predicted molar refractivity (Wildman–Crippen MR) is 83.7 cm³/mol. The molecule has 0 aromatic heterocycles. The first-order valence-electron chi connectivity index (χ1n) is 6.17. The molecule has 0 atom stereocenters. The lowest BCUT2D eigenvalue weighted by atomic mass is 10.1. The second-order valence-corrected chi connectivity index (χ2v) is 5.75. The minimum absolute atomic E-state index is 0.745. The number of halogens is 2. The van der Waals surface area contributed by atoms with E-state index < -0.39 is 0 Å². The maximum atomic E-state index is 5.75. The van der Waals surface area contributed by atoms with Crippen LogP contribution in [0.1, 0.15) is 24.0 Å². The van der Waals surface area contributed by atoms with Gasteiger partial charge in [-0.3, -0.25) is 0 Å². The summed E-state index contributed by atoms with van der Waals surface area (Å²) in [6.45, 7) is 5.60. The summed E-state index contributed by atoms with van der Waals surface area (Å²) in [5.74, 6) is 1.92. The first-order chi connectivity index (χ1) is 8.69. The van der Waals surface area contributed by atoms with Crippen LogP contribution in [0.15, 0.2) is 12.1 Å². The second-order valence-electron chi connectivity index (χ2n) is 4.17. The van der Waals surface area contributed by atoms with Crippen molar-refractivity contribution in [1.29, 1.82) is 0 Å². The van der Waals surface area contributed by atoms with E-state index in [9.17, 15) is 0 Å². The Bertz CT molecular complexity index is 331. The number of benzene rings is 1. The molecule has 18 heavy (non-hydrogen) atoms. The van der Waals surface area contributed by atoms with Gasteiger partial charge in [0.25, 0.3) is 0 Å². The summed E-state index contributed by atoms with van der Waals surface area (Å²) in [7, 11) is 0. The van der Waals surface area contributed by atoms with Gasteiger partial charge >= 0.3 is 0 Å². The van der Waals surface area contributed by atoms with E-state index in [-0.39, 0.29) is 0 Å². The Hall–Kier alpha value is -0.220. The highest BCUT2D eigenvalue weighted by Crippen LogP contribution is 2.28. The third-order valence-corrected chi connectivity index (χ3v) is 3.67. The number of ether oxygens (including phenoxy) is 2. The molecule has 0 heterocycles. The Labute approximate surface area is 126 Å². The van der Waals surface area contributed by atoms with Crippen molar-refractivity contribution in [2.75, 3.05) is 23.9 Å². The summed E-state index contributed by atoms with van der Waals surface area (Å²) < 4.78 is 11.5. The van der Waals surface area contributed by atoms with Crippen molar-refractivity contribution in [3.63, 3.8) is 0 Å². The number of hydrogen-bond donors (Lipinski definition) is 0. The molecule has 0 saturated carbocycles. The Morgan fingerprint density at radius 3 is 1.56 bits per heavy atom. The molecule has 0 N–H and O–H groups in total. The first kappa shape index (κ1) is 15.8. The van der Waals surface area contributed by atoms with Gasteiger partial charge in [-0.2, -0.15) is 0 Å². The lowest BCUT2D eigenvalue weighted by Crippen LogP contribution is -2.02. The normalized spacial score (nSPS) is 10.4. The molecule has 0 aliphatic rings. The highest BCUT2D eigenvalue weighted by Gasteiger charge is 2.06. The molecule has 0 spiro atoms. The van der Waals surface area contributed by atoms with Crippen LogP contribution in [0.3, 0.4) is 0 Å². The average molecular weight is 380 g/mol. The van der Waals surface area contributed by atoms with Crippen LogP contribution in [-0.2, 0) is 0 Å². The molecule has 0 aliphatic heterocycles. The van der Waals surface area contributed by atoms with Gasteiger partial charge in [-0.15, -0.1) is 0 Å². The van der Waals surface area contributed by atoms with Crippen LogP contribution < -0.4 is 9.47 Å². The molecule has 0 unspecified atom stereocenters. The molecule has 102 valence electrons. The molecule has 0 amide bonds. The van der Waals surface area contributed by atoms with E-state index >= 15 is 0 Å². The van der Waals surface area contributed by atoms with Gasteiger partial charge < -0.3 is 9.47 Å². The smallest absolute Gasteiger partial charge is 0.122 e. The molecule has 1 aromatic carbocycles. The van der Waals surface area contributed by atoms with Crippen molar-refractivity contribution in [1.82, 2.24) is 0 Å². The molecular weight excluding hydrogens is 360 g/mol. The Kier molecular flexibility index (Phi) is 7.75. The van der Waals surface area contributed by atoms with Crippen molar-refractivity contribution in [3.05, 3.63) is 23.3 Å². The minimum atomic E-state index is 0.745. The van der Waals surface area contributed by atoms with Crippen molar-refractivity contribution < 1.29 is 9.47 Å². The summed E-state index contributed by atoms with van der Waals surface area (Å²) in [5.41, 5.74) is 2.26. The largest absolute Gasteiger partial charge is 0.493 e. The van der Waals surface area contributed by atoms with Crippen molar-refractivity contribution in [2.45, 2.75) is 26.7 Å². The van der Waals surface area contributed by atoms with Gasteiger partial charge in [0.1, 0.15) is 11.5 Å². The van der Waals surface area contributed by atoms with E-state index in [1.54, 1.807) is 0 Å². The SMILES string of the molecule is Cc1cc(OCCCBr)c(C)cc1OCCCBr. The van der Waals surface area contributed by atoms with Crippen LogP contribution in [0.2, 0.25) is 0 Å². The number of alkyl halides is 2. The third kappa shape index (κ3) is 5.19. The summed E-state index contributed by atoms with van der Waals surface area (Å²) in [5, 5.41) is 1.94. The topological polar surface area (TPSA) is 18.5 Å². The molecule has 0 saturated heterocycles. The van der Waals surface area contributed by atoms with Crippen LogP contribution in [0, 0.1) is 13.8 Å². The molecule has 0 fully saturated rings. The molecule has 0 aliphatic carbocycles. The fraction of sp³-hybridized carbons (Fsp3) is 0.571. The van der Waals surface area contributed by atoms with Gasteiger partial charge in [0.15, 0.2) is 0 Å². The van der Waals surface area contributed by atoms with Gasteiger partial charge in [0.05, 0.1) is 13.2 Å². The van der Waals surface area contributed by atoms with E-state index in [1.165, 1.54) is 0 Å². The zero-order chi connectivity index (χ0) is 13.4. The highest BCUT2D eigenvalue weighted by atomic mass is 79.9. The zero-order valence-electron chi connectivity index (χ0n) is 11.0. The molecule has 0 radical (unpaired) electrons. The molecule has 4 heteroatoms. The number of hydrogen-bond acceptors (Lipinski definition) is 2. The number of aryl methyl sites for hydroxylation is 2. The molecule has 1 rings (SSSR count). The quantitative estimate of drug-likeness (QED) is 0.484. The molecule has 0 bridgehead atoms. The predicted octanol–water partition coefficient (Wildman–Crippen LogP) is 4.63. The lowest BCUT2D eigenvalue weighted by molar-refractivity contribution is 0.307. The Morgan fingerprint density at radius 2 is 1.22 bits per heavy atom. The van der Waals surface area contributed by atoms with Gasteiger partial charge in [-0.25, -0.2) is 0 Å². The highest BCUT2D eigenvalue weighted by molar-refractivity contribution is 9.09. The van der Waals surface area contributed by atoms with Gasteiger partial charge in [0, 0.05) is 10.7 Å². The van der Waals surface area contributed by atoms with Crippen molar-refractivity contribution in [3.8, 4) is 11.5 Å². The van der Waals surface area contributed by atoms with E-state index in [0.29, 0.717) is 0 Å². The van der Waals surface area contributed by atoms with Crippen molar-refractivity contribution in [2.24, 2.45) is 0 Å². The maximum Gasteiger partial charge on any atom is 0.122 e. The maximum absolute atomic E-state index is 5.75. The summed E-state index contributed by atoms with van der Waals surface area (Å²) in [6.07, 6.45) is 2.03. The number of rotatable bonds is 8. The molecular formula is C14H20Br2O2. The first-order valence-corrected chi connectivity index (χ1v) is 8.42. The van der Waals surface area contributed by atoms with E-state index in [4.69, 9.17) is 9.47 Å². The average Bonchev–Trinajstić information content (AvgIpc) is 2.35. The lowest BCUT2D eigenvalue weighted by Gasteiger charge is -2.14. The van der Waals surface area contributed by atoms with Crippen LogP contribution in [0.25, 0.3) is 0 Å². The third-order valence-electron chi connectivity index (χ3n) is 2.54. The van der Waals surface area contributed by atoms with Gasteiger partial charge in [0.2, 0.25) is 0 Å². The van der Waals surface area contributed by atoms with E-state index in [0.717, 1.165) is 59.3 Å². The molecule has 2 nitrogen and oxygen atoms in total. The van der Waals surface area contributed by atoms with Crippen LogP contribution in [0.4, 0.5) is 0 Å². The van der Waals surface area contributed by atoms with Crippen LogP contribution in [-0.4, -0.2) is 23.9 Å². The summed E-state index contributed by atoms with van der Waals surface area (Å²) >= 11 is 6.80. The molecule has 1 aromatic rings. The van der Waals surface area contributed by atoms with Gasteiger partial charge in [-0.1, -0.05) is 31.9 Å². The summed E-state index contributed by atoms with van der Waals surface area (Å²) in [4.78, 5) is 0. The van der Waals surface area contributed by atoms with Crippen LogP contribution in [0.5, 0.6) is 11.5 Å². The monoisotopic (exact) mass is 378 g/mol. The van der Waals surface area contributed by atoms with Crippen LogP contribution >= 0.6 is 31.9 Å². The Balaban J connectivity index is 2.64. The fourth-order valence-electron chi connectivity index (χ4n) is 1.55. The van der Waals surface area contributed by atoms with Crippen molar-refractivity contribution >= 4 is 31.9 Å². The fourth-order valence-corrected chi connectivity index (χ4v) is 2.01. The Morgan fingerprint density at radius 1 is 0.833 bits per heavy atom. The minimum Gasteiger partial charge on any atom is -0.493 e. The summed E-state index contributed by atoms with van der Waals surface area (Å²) in [6, 6.07) is 4.13. The second kappa shape index (κ2) is 8.81. The standard InChI is InChI=1S/C14H20Br2O2/c1-11-9-14(18-8-4-6-16)12(2)10-13(11)17-7-3-5-15/h9-10H,3-8H2,1-2H3. The van der Waals surface area contributed by atoms with E-state index in [2.05, 4.69) is 57.8 Å². The zero-order valence-corrected chi connectivity index (χ0v) is 14.1. The van der Waals surface area contributed by atoms with Gasteiger partial charge in [-0.05, 0) is 49.9 Å².